The average molecular weight is 293 g/mol. The van der Waals surface area contributed by atoms with E-state index in [1.165, 1.54) is 27.2 Å². The van der Waals surface area contributed by atoms with Gasteiger partial charge in [-0.05, 0) is 19.1 Å². The number of benzene rings is 1. The number of anilines is 1. The van der Waals surface area contributed by atoms with E-state index in [0.717, 1.165) is 0 Å². The third kappa shape index (κ3) is 4.03. The van der Waals surface area contributed by atoms with Gasteiger partial charge in [0, 0.05) is 0 Å². The van der Waals surface area contributed by atoms with Gasteiger partial charge >= 0.3 is 11.9 Å². The van der Waals surface area contributed by atoms with Crippen molar-refractivity contribution in [3.8, 4) is 0 Å². The second-order valence-electron chi connectivity index (χ2n) is 3.79. The molecule has 0 unspecified atom stereocenters. The Hall–Kier alpha value is -2.90. The van der Waals surface area contributed by atoms with Gasteiger partial charge in [0.05, 0.1) is 25.5 Å². The van der Waals surface area contributed by atoms with Gasteiger partial charge in [-0.2, -0.15) is 5.10 Å². The Morgan fingerprint density at radius 1 is 1.19 bits per heavy atom. The number of hydrogen-bond donors (Lipinski definition) is 2. The number of nitrogens with one attached hydrogen (secondary N) is 1. The lowest BCUT2D eigenvalue weighted by Crippen LogP contribution is -2.25. The largest absolute Gasteiger partial charge is 0.465 e. The minimum atomic E-state index is -0.784. The molecule has 0 aromatic heterocycles. The molecule has 0 aliphatic carbocycles. The van der Waals surface area contributed by atoms with Gasteiger partial charge in [0.15, 0.2) is 5.71 Å². The maximum atomic E-state index is 11.6. The molecule has 0 fully saturated rings. The molecule has 8 nitrogen and oxygen atoms in total. The Morgan fingerprint density at radius 2 is 1.86 bits per heavy atom. The van der Waals surface area contributed by atoms with E-state index in [2.05, 4.69) is 25.2 Å². The number of hydrogen-bond acceptors (Lipinski definition) is 8. The molecule has 0 bridgehead atoms. The summed E-state index contributed by atoms with van der Waals surface area (Å²) in [5.41, 5.74) is 2.87. The Kier molecular flexibility index (Phi) is 5.87. The van der Waals surface area contributed by atoms with E-state index >= 15 is 0 Å². The van der Waals surface area contributed by atoms with Crippen molar-refractivity contribution in [2.24, 2.45) is 10.3 Å². The van der Waals surface area contributed by atoms with Crippen molar-refractivity contribution in [3.05, 3.63) is 29.8 Å². The molecule has 2 N–H and O–H groups in total. The molecule has 1 aromatic rings. The van der Waals surface area contributed by atoms with Crippen LogP contribution in [0.1, 0.15) is 17.3 Å². The predicted molar refractivity (Wildman–Crippen MR) is 75.8 cm³/mol. The SMILES string of the molecule is COC(=O)C(=N/Nc1ccccc1C(=O)OC)/C(C)=N/O. The number of hydrazone groups is 1. The van der Waals surface area contributed by atoms with Crippen LogP contribution >= 0.6 is 0 Å². The highest BCUT2D eigenvalue weighted by atomic mass is 16.5. The summed E-state index contributed by atoms with van der Waals surface area (Å²) in [5, 5.41) is 15.4. The molecule has 112 valence electrons. The molecule has 0 amide bonds. The van der Waals surface area contributed by atoms with Crippen LogP contribution in [0.5, 0.6) is 0 Å². The van der Waals surface area contributed by atoms with Crippen molar-refractivity contribution >= 4 is 29.0 Å². The molecule has 0 heterocycles. The van der Waals surface area contributed by atoms with Crippen LogP contribution in [0.2, 0.25) is 0 Å². The van der Waals surface area contributed by atoms with Crippen LogP contribution in [0.25, 0.3) is 0 Å². The molecule has 0 radical (unpaired) electrons. The zero-order valence-electron chi connectivity index (χ0n) is 11.8. The third-order valence-corrected chi connectivity index (χ3v) is 2.49. The number of esters is 2. The van der Waals surface area contributed by atoms with Crippen LogP contribution in [0.15, 0.2) is 34.5 Å². The summed E-state index contributed by atoms with van der Waals surface area (Å²) in [6, 6.07) is 6.45. The normalized spacial score (nSPS) is 11.8. The molecule has 0 aliphatic rings. The van der Waals surface area contributed by atoms with Gasteiger partial charge in [-0.25, -0.2) is 9.59 Å². The molecule has 0 spiro atoms. The lowest BCUT2D eigenvalue weighted by molar-refractivity contribution is -0.132. The van der Waals surface area contributed by atoms with Crippen LogP contribution in [-0.2, 0) is 14.3 Å². The standard InChI is InChI=1S/C13H15N3O5/c1-8(16-19)11(13(18)21-3)15-14-10-7-5-4-6-9(10)12(17)20-2/h4-7,14,19H,1-3H3/b15-11+,16-8+. The minimum Gasteiger partial charge on any atom is -0.465 e. The Morgan fingerprint density at radius 3 is 2.43 bits per heavy atom. The van der Waals surface area contributed by atoms with Crippen molar-refractivity contribution in [1.82, 2.24) is 0 Å². The monoisotopic (exact) mass is 293 g/mol. The summed E-state index contributed by atoms with van der Waals surface area (Å²) >= 11 is 0. The zero-order valence-corrected chi connectivity index (χ0v) is 11.8. The van der Waals surface area contributed by atoms with E-state index in [9.17, 15) is 9.59 Å². The van der Waals surface area contributed by atoms with Crippen molar-refractivity contribution in [3.63, 3.8) is 0 Å². The van der Waals surface area contributed by atoms with Crippen molar-refractivity contribution in [2.45, 2.75) is 6.92 Å². The first kappa shape index (κ1) is 16.2. The van der Waals surface area contributed by atoms with Crippen LogP contribution < -0.4 is 5.43 Å². The van der Waals surface area contributed by atoms with Crippen LogP contribution in [-0.4, -0.2) is 42.8 Å². The first-order chi connectivity index (χ1) is 10.0. The molecule has 0 aliphatic heterocycles. The molecule has 0 atom stereocenters. The summed E-state index contributed by atoms with van der Waals surface area (Å²) in [5.74, 6) is -1.34. The number of methoxy groups -OCH3 is 2. The van der Waals surface area contributed by atoms with Crippen molar-refractivity contribution in [1.29, 1.82) is 0 Å². The van der Waals surface area contributed by atoms with E-state index in [1.54, 1.807) is 18.2 Å². The number of ether oxygens (including phenoxy) is 2. The summed E-state index contributed by atoms with van der Waals surface area (Å²) in [4.78, 5) is 23.1. The van der Waals surface area contributed by atoms with Gasteiger partial charge in [0.1, 0.15) is 5.71 Å². The van der Waals surface area contributed by atoms with Crippen LogP contribution in [0.4, 0.5) is 5.69 Å². The Bertz CT molecular complexity index is 595. The van der Waals surface area contributed by atoms with Crippen molar-refractivity contribution < 1.29 is 24.3 Å². The number of rotatable bonds is 5. The maximum Gasteiger partial charge on any atom is 0.360 e. The minimum absolute atomic E-state index is 0.0371. The first-order valence-electron chi connectivity index (χ1n) is 5.83. The van der Waals surface area contributed by atoms with E-state index in [0.29, 0.717) is 5.69 Å². The fourth-order valence-corrected chi connectivity index (χ4v) is 1.40. The smallest absolute Gasteiger partial charge is 0.360 e. The van der Waals surface area contributed by atoms with E-state index in [1.807, 2.05) is 0 Å². The maximum absolute atomic E-state index is 11.6. The predicted octanol–water partition coefficient (Wildman–Crippen LogP) is 1.26. The third-order valence-electron chi connectivity index (χ3n) is 2.49. The summed E-state index contributed by atoms with van der Waals surface area (Å²) in [6.45, 7) is 1.38. The number of carbonyl (C=O) groups excluding carboxylic acids is 2. The number of nitrogens with zero attached hydrogens (tertiary/aromatic N) is 2. The topological polar surface area (TPSA) is 110 Å². The average Bonchev–Trinajstić information content (AvgIpc) is 2.53. The fraction of sp³-hybridized carbons (Fsp3) is 0.231. The van der Waals surface area contributed by atoms with Crippen molar-refractivity contribution in [2.75, 3.05) is 19.6 Å². The summed E-state index contributed by atoms with van der Waals surface area (Å²) in [7, 11) is 2.43. The van der Waals surface area contributed by atoms with Gasteiger partial charge in [0.2, 0.25) is 0 Å². The van der Waals surface area contributed by atoms with Gasteiger partial charge in [-0.15, -0.1) is 0 Å². The second-order valence-corrected chi connectivity index (χ2v) is 3.79. The van der Waals surface area contributed by atoms with Crippen LogP contribution in [0, 0.1) is 0 Å². The number of carbonyl (C=O) groups is 2. The molecule has 1 aromatic carbocycles. The molecule has 1 rings (SSSR count). The van der Waals surface area contributed by atoms with E-state index < -0.39 is 11.9 Å². The molecule has 0 saturated heterocycles. The molecule has 21 heavy (non-hydrogen) atoms. The van der Waals surface area contributed by atoms with Gasteiger partial charge < -0.3 is 14.7 Å². The lowest BCUT2D eigenvalue weighted by Gasteiger charge is -2.08. The highest BCUT2D eigenvalue weighted by Crippen LogP contribution is 2.16. The summed E-state index contributed by atoms with van der Waals surface area (Å²) in [6.07, 6.45) is 0. The lowest BCUT2D eigenvalue weighted by atomic mass is 10.2. The van der Waals surface area contributed by atoms with Gasteiger partial charge in [-0.1, -0.05) is 17.3 Å². The Balaban J connectivity index is 3.12. The fourth-order valence-electron chi connectivity index (χ4n) is 1.40. The zero-order chi connectivity index (χ0) is 15.8. The Labute approximate surface area is 121 Å². The molecular weight excluding hydrogens is 278 g/mol. The van der Waals surface area contributed by atoms with E-state index in [-0.39, 0.29) is 17.0 Å². The molecule has 0 saturated carbocycles. The first-order valence-corrected chi connectivity index (χ1v) is 5.83. The molecular formula is C13H15N3O5. The number of para-hydroxylation sites is 1. The van der Waals surface area contributed by atoms with Gasteiger partial charge in [0.25, 0.3) is 0 Å². The quantitative estimate of drug-likeness (QED) is 0.366. The van der Waals surface area contributed by atoms with E-state index in [4.69, 9.17) is 5.21 Å². The highest BCUT2D eigenvalue weighted by Gasteiger charge is 2.17. The summed E-state index contributed by atoms with van der Waals surface area (Å²) < 4.78 is 9.17. The highest BCUT2D eigenvalue weighted by molar-refractivity contribution is 6.65. The number of oxime groups is 1. The molecule has 8 heteroatoms. The van der Waals surface area contributed by atoms with Crippen LogP contribution in [0.3, 0.4) is 0 Å². The van der Waals surface area contributed by atoms with Gasteiger partial charge in [-0.3, -0.25) is 5.43 Å². The second kappa shape index (κ2) is 7.63.